The Morgan fingerprint density at radius 3 is 2.96 bits per heavy atom. The first kappa shape index (κ1) is 15.4. The number of aromatic nitrogens is 2. The summed E-state index contributed by atoms with van der Waals surface area (Å²) in [5, 5.41) is 3.90. The molecule has 1 aliphatic heterocycles. The zero-order valence-corrected chi connectivity index (χ0v) is 13.8. The van der Waals surface area contributed by atoms with Crippen LogP contribution in [-0.2, 0) is 11.2 Å². The molecule has 2 atom stereocenters. The summed E-state index contributed by atoms with van der Waals surface area (Å²) in [5.74, 6) is 3.26. The number of hydrogen-bond acceptors (Lipinski definition) is 5. The van der Waals surface area contributed by atoms with Crippen LogP contribution in [0.4, 0.5) is 0 Å². The van der Waals surface area contributed by atoms with E-state index in [1.165, 1.54) is 32.1 Å². The van der Waals surface area contributed by atoms with Crippen LogP contribution in [0.15, 0.2) is 27.3 Å². The average Bonchev–Trinajstić information content (AvgIpc) is 3.30. The standard InChI is InChI=1S/C18H23N3O3/c22-17(21-10-9-13-4-1-2-5-14(13)12-21)8-7-16-19-18(20-24-16)15-6-3-11-23-15/h3,6,11,13-14H,1-2,4-5,7-10,12H2/t13-,14+/m1/s1. The van der Waals surface area contributed by atoms with Crippen LogP contribution in [0.2, 0.25) is 0 Å². The molecular formula is C18H23N3O3. The molecule has 2 aromatic rings. The first-order valence-electron chi connectivity index (χ1n) is 8.94. The first-order chi connectivity index (χ1) is 11.8. The van der Waals surface area contributed by atoms with Crippen molar-refractivity contribution in [3.8, 4) is 11.6 Å². The number of carbonyl (C=O) groups excluding carboxylic acids is 1. The number of rotatable bonds is 4. The lowest BCUT2D eigenvalue weighted by atomic mass is 9.75. The highest BCUT2D eigenvalue weighted by Crippen LogP contribution is 2.36. The van der Waals surface area contributed by atoms with Crippen LogP contribution in [-0.4, -0.2) is 34.0 Å². The summed E-state index contributed by atoms with van der Waals surface area (Å²) in [6, 6.07) is 3.57. The van der Waals surface area contributed by atoms with Crippen LogP contribution in [0.25, 0.3) is 11.6 Å². The summed E-state index contributed by atoms with van der Waals surface area (Å²) in [6.45, 7) is 1.84. The van der Waals surface area contributed by atoms with Crippen molar-refractivity contribution in [1.82, 2.24) is 15.0 Å². The van der Waals surface area contributed by atoms with Crippen LogP contribution in [0.5, 0.6) is 0 Å². The van der Waals surface area contributed by atoms with Gasteiger partial charge in [0.05, 0.1) is 6.26 Å². The van der Waals surface area contributed by atoms with Crippen LogP contribution in [0.3, 0.4) is 0 Å². The van der Waals surface area contributed by atoms with E-state index in [1.807, 2.05) is 4.90 Å². The third-order valence-corrected chi connectivity index (χ3v) is 5.41. The van der Waals surface area contributed by atoms with Crippen molar-refractivity contribution < 1.29 is 13.7 Å². The molecule has 1 amide bonds. The topological polar surface area (TPSA) is 72.4 Å². The third-order valence-electron chi connectivity index (χ3n) is 5.41. The fourth-order valence-corrected chi connectivity index (χ4v) is 4.06. The molecule has 1 saturated heterocycles. The molecule has 0 unspecified atom stereocenters. The minimum Gasteiger partial charge on any atom is -0.461 e. The number of nitrogens with zero attached hydrogens (tertiary/aromatic N) is 3. The zero-order valence-electron chi connectivity index (χ0n) is 13.8. The summed E-state index contributed by atoms with van der Waals surface area (Å²) < 4.78 is 10.5. The SMILES string of the molecule is O=C(CCc1nc(-c2ccco2)no1)N1CC[C@H]2CCCC[C@H]2C1. The van der Waals surface area contributed by atoms with Crippen molar-refractivity contribution in [2.24, 2.45) is 11.8 Å². The highest BCUT2D eigenvalue weighted by atomic mass is 16.5. The average molecular weight is 329 g/mol. The van der Waals surface area contributed by atoms with E-state index in [-0.39, 0.29) is 5.91 Å². The second-order valence-corrected chi connectivity index (χ2v) is 6.92. The monoisotopic (exact) mass is 329 g/mol. The van der Waals surface area contributed by atoms with Crippen molar-refractivity contribution in [1.29, 1.82) is 0 Å². The van der Waals surface area contributed by atoms with E-state index >= 15 is 0 Å². The van der Waals surface area contributed by atoms with Gasteiger partial charge in [0.2, 0.25) is 17.6 Å². The van der Waals surface area contributed by atoms with Crippen molar-refractivity contribution in [3.05, 3.63) is 24.3 Å². The number of furan rings is 1. The predicted molar refractivity (Wildman–Crippen MR) is 87.0 cm³/mol. The van der Waals surface area contributed by atoms with E-state index < -0.39 is 0 Å². The van der Waals surface area contributed by atoms with Gasteiger partial charge in [-0.1, -0.05) is 24.4 Å². The molecule has 6 nitrogen and oxygen atoms in total. The van der Waals surface area contributed by atoms with Gasteiger partial charge in [-0.15, -0.1) is 0 Å². The van der Waals surface area contributed by atoms with Crippen LogP contribution >= 0.6 is 0 Å². The van der Waals surface area contributed by atoms with Crippen LogP contribution in [0.1, 0.15) is 44.4 Å². The quantitative estimate of drug-likeness (QED) is 0.860. The highest BCUT2D eigenvalue weighted by Gasteiger charge is 2.32. The van der Waals surface area contributed by atoms with Gasteiger partial charge >= 0.3 is 0 Å². The summed E-state index contributed by atoms with van der Waals surface area (Å²) in [4.78, 5) is 18.8. The fourth-order valence-electron chi connectivity index (χ4n) is 4.06. The second-order valence-electron chi connectivity index (χ2n) is 6.92. The molecule has 2 fully saturated rings. The molecule has 6 heteroatoms. The molecule has 3 heterocycles. The van der Waals surface area contributed by atoms with E-state index in [9.17, 15) is 4.79 Å². The number of piperidine rings is 1. The Balaban J connectivity index is 1.30. The predicted octanol–water partition coefficient (Wildman–Crippen LogP) is 3.30. The summed E-state index contributed by atoms with van der Waals surface area (Å²) >= 11 is 0. The van der Waals surface area contributed by atoms with Gasteiger partial charge in [0.15, 0.2) is 5.76 Å². The maximum absolute atomic E-state index is 12.5. The summed E-state index contributed by atoms with van der Waals surface area (Å²) in [5.41, 5.74) is 0. The van der Waals surface area contributed by atoms with Gasteiger partial charge in [-0.05, 0) is 36.8 Å². The van der Waals surface area contributed by atoms with Crippen molar-refractivity contribution in [2.75, 3.05) is 13.1 Å². The Morgan fingerprint density at radius 2 is 2.12 bits per heavy atom. The molecule has 2 aliphatic rings. The number of likely N-dealkylation sites (tertiary alicyclic amines) is 1. The van der Waals surface area contributed by atoms with Crippen molar-refractivity contribution >= 4 is 5.91 Å². The number of carbonyl (C=O) groups is 1. The zero-order chi connectivity index (χ0) is 16.4. The van der Waals surface area contributed by atoms with Gasteiger partial charge in [-0.3, -0.25) is 4.79 Å². The summed E-state index contributed by atoms with van der Waals surface area (Å²) in [7, 11) is 0. The molecule has 0 spiro atoms. The van der Waals surface area contributed by atoms with Gasteiger partial charge in [0.25, 0.3) is 0 Å². The van der Waals surface area contributed by atoms with Crippen molar-refractivity contribution in [2.45, 2.75) is 44.9 Å². The van der Waals surface area contributed by atoms with Gasteiger partial charge in [-0.25, -0.2) is 0 Å². The Labute approximate surface area is 141 Å². The Hall–Kier alpha value is -2.11. The molecule has 128 valence electrons. The Morgan fingerprint density at radius 1 is 1.25 bits per heavy atom. The van der Waals surface area contributed by atoms with Gasteiger partial charge in [0, 0.05) is 25.9 Å². The normalized spacial score (nSPS) is 23.9. The number of hydrogen-bond donors (Lipinski definition) is 0. The molecule has 0 bridgehead atoms. The fraction of sp³-hybridized carbons (Fsp3) is 0.611. The molecule has 0 radical (unpaired) electrons. The molecule has 0 N–H and O–H groups in total. The molecule has 1 saturated carbocycles. The van der Waals surface area contributed by atoms with Crippen LogP contribution in [0, 0.1) is 11.8 Å². The van der Waals surface area contributed by atoms with E-state index in [2.05, 4.69) is 10.1 Å². The van der Waals surface area contributed by atoms with Gasteiger partial charge in [0.1, 0.15) is 0 Å². The number of aryl methyl sites for hydroxylation is 1. The third kappa shape index (κ3) is 3.23. The molecule has 24 heavy (non-hydrogen) atoms. The van der Waals surface area contributed by atoms with Crippen LogP contribution < -0.4 is 0 Å². The first-order valence-corrected chi connectivity index (χ1v) is 8.94. The maximum atomic E-state index is 12.5. The maximum Gasteiger partial charge on any atom is 0.238 e. The van der Waals surface area contributed by atoms with Gasteiger partial charge in [-0.2, -0.15) is 4.98 Å². The summed E-state index contributed by atoms with van der Waals surface area (Å²) in [6.07, 6.45) is 8.97. The Kier molecular flexibility index (Phi) is 4.36. The number of fused-ring (bicyclic) bond motifs is 1. The molecular weight excluding hydrogens is 306 g/mol. The largest absolute Gasteiger partial charge is 0.461 e. The van der Waals surface area contributed by atoms with Crippen molar-refractivity contribution in [3.63, 3.8) is 0 Å². The Bertz CT molecular complexity index is 680. The van der Waals surface area contributed by atoms with E-state index in [1.54, 1.807) is 18.4 Å². The lowest BCUT2D eigenvalue weighted by Gasteiger charge is -2.41. The molecule has 1 aliphatic carbocycles. The smallest absolute Gasteiger partial charge is 0.238 e. The molecule has 4 rings (SSSR count). The minimum atomic E-state index is 0.205. The van der Waals surface area contributed by atoms with Gasteiger partial charge < -0.3 is 13.8 Å². The lowest BCUT2D eigenvalue weighted by Crippen LogP contribution is -2.44. The second kappa shape index (κ2) is 6.79. The molecule has 2 aromatic heterocycles. The highest BCUT2D eigenvalue weighted by molar-refractivity contribution is 5.76. The number of amides is 1. The van der Waals surface area contributed by atoms with E-state index in [0.29, 0.717) is 36.2 Å². The lowest BCUT2D eigenvalue weighted by molar-refractivity contribution is -0.134. The van der Waals surface area contributed by atoms with E-state index in [0.717, 1.165) is 19.0 Å². The van der Waals surface area contributed by atoms with E-state index in [4.69, 9.17) is 8.94 Å². The minimum absolute atomic E-state index is 0.205. The molecule has 0 aromatic carbocycles.